The highest BCUT2D eigenvalue weighted by Gasteiger charge is 2.33. The molecular weight excluding hydrogens is 264 g/mol. The fourth-order valence-electron chi connectivity index (χ4n) is 2.52. The van der Waals surface area contributed by atoms with Crippen LogP contribution in [-0.2, 0) is 4.79 Å². The Morgan fingerprint density at radius 1 is 1.29 bits per heavy atom. The summed E-state index contributed by atoms with van der Waals surface area (Å²) in [6.07, 6.45) is 1.17. The predicted octanol–water partition coefficient (Wildman–Crippen LogP) is 1.46. The van der Waals surface area contributed by atoms with Gasteiger partial charge in [0.1, 0.15) is 5.54 Å². The summed E-state index contributed by atoms with van der Waals surface area (Å²) in [7, 11) is 0. The Bertz CT molecular complexity index is 382. The van der Waals surface area contributed by atoms with Crippen LogP contribution in [0.4, 0.5) is 0 Å². The average Bonchev–Trinajstić information content (AvgIpc) is 2.47. The molecule has 1 fully saturated rings. The maximum Gasteiger partial charge on any atom is 0.238 e. The number of rotatable bonds is 6. The molecule has 120 valence electrons. The van der Waals surface area contributed by atoms with Gasteiger partial charge in [0.2, 0.25) is 5.91 Å². The Morgan fingerprint density at radius 2 is 1.86 bits per heavy atom. The van der Waals surface area contributed by atoms with Gasteiger partial charge in [-0.3, -0.25) is 9.69 Å². The first-order valence-corrected chi connectivity index (χ1v) is 8.03. The fraction of sp³-hybridized carbons (Fsp3) is 0.875. The van der Waals surface area contributed by atoms with E-state index in [9.17, 15) is 10.1 Å². The second kappa shape index (κ2) is 7.77. The van der Waals surface area contributed by atoms with Gasteiger partial charge in [-0.25, -0.2) is 0 Å². The topological polar surface area (TPSA) is 59.4 Å². The Morgan fingerprint density at radius 3 is 2.29 bits per heavy atom. The number of nitrogens with one attached hydrogen (secondary N) is 1. The third-order valence-electron chi connectivity index (χ3n) is 4.64. The van der Waals surface area contributed by atoms with Gasteiger partial charge < -0.3 is 10.2 Å². The maximum absolute atomic E-state index is 12.4. The molecule has 1 saturated heterocycles. The van der Waals surface area contributed by atoms with Crippen molar-refractivity contribution in [2.45, 2.75) is 52.6 Å². The first kappa shape index (κ1) is 17.9. The van der Waals surface area contributed by atoms with E-state index in [0.717, 1.165) is 32.7 Å². The first-order chi connectivity index (χ1) is 9.84. The minimum absolute atomic E-state index is 0.0447. The lowest BCUT2D eigenvalue weighted by atomic mass is 9.89. The summed E-state index contributed by atoms with van der Waals surface area (Å²) >= 11 is 0. The number of hydrogen-bond acceptors (Lipinski definition) is 4. The van der Waals surface area contributed by atoms with Crippen LogP contribution in [0.15, 0.2) is 0 Å². The molecular formula is C16H30N4O. The summed E-state index contributed by atoms with van der Waals surface area (Å²) in [5.41, 5.74) is -0.796. The van der Waals surface area contributed by atoms with Gasteiger partial charge in [0, 0.05) is 26.2 Å². The van der Waals surface area contributed by atoms with Crippen LogP contribution in [0.1, 0.15) is 41.0 Å². The van der Waals surface area contributed by atoms with Gasteiger partial charge in [-0.2, -0.15) is 5.26 Å². The Labute approximate surface area is 129 Å². The number of piperazine rings is 1. The van der Waals surface area contributed by atoms with Crippen molar-refractivity contribution in [3.63, 3.8) is 0 Å². The minimum atomic E-state index is -0.796. The fourth-order valence-corrected chi connectivity index (χ4v) is 2.52. The summed E-state index contributed by atoms with van der Waals surface area (Å²) in [4.78, 5) is 17.1. The van der Waals surface area contributed by atoms with Crippen LogP contribution >= 0.6 is 0 Å². The zero-order valence-electron chi connectivity index (χ0n) is 14.1. The van der Waals surface area contributed by atoms with E-state index in [-0.39, 0.29) is 17.9 Å². The number of carbonyl (C=O) groups excluding carboxylic acids is 1. The average molecular weight is 294 g/mol. The van der Waals surface area contributed by atoms with Crippen molar-refractivity contribution in [2.24, 2.45) is 5.92 Å². The van der Waals surface area contributed by atoms with Crippen molar-refractivity contribution in [1.82, 2.24) is 15.1 Å². The van der Waals surface area contributed by atoms with E-state index >= 15 is 0 Å². The highest BCUT2D eigenvalue weighted by molar-refractivity contribution is 5.82. The molecule has 1 amide bonds. The SMILES string of the molecule is CCCN1CCN([C@@H](C)C(=O)N[C@](C)(C#N)C(C)C)CC1. The van der Waals surface area contributed by atoms with E-state index in [1.165, 1.54) is 6.42 Å². The van der Waals surface area contributed by atoms with Crippen molar-refractivity contribution >= 4 is 5.91 Å². The molecule has 0 aliphatic carbocycles. The van der Waals surface area contributed by atoms with Crippen molar-refractivity contribution in [2.75, 3.05) is 32.7 Å². The Hall–Kier alpha value is -1.12. The molecule has 1 rings (SSSR count). The molecule has 0 saturated carbocycles. The molecule has 0 aromatic carbocycles. The van der Waals surface area contributed by atoms with E-state index in [1.807, 2.05) is 20.8 Å². The maximum atomic E-state index is 12.4. The van der Waals surface area contributed by atoms with Crippen LogP contribution in [0.2, 0.25) is 0 Å². The molecule has 0 aromatic rings. The molecule has 5 nitrogen and oxygen atoms in total. The van der Waals surface area contributed by atoms with Gasteiger partial charge in [0.25, 0.3) is 0 Å². The molecule has 1 N–H and O–H groups in total. The largest absolute Gasteiger partial charge is 0.336 e. The summed E-state index contributed by atoms with van der Waals surface area (Å²) < 4.78 is 0. The van der Waals surface area contributed by atoms with E-state index in [0.29, 0.717) is 0 Å². The molecule has 1 aliphatic rings. The summed E-state index contributed by atoms with van der Waals surface area (Å²) in [5, 5.41) is 12.2. The van der Waals surface area contributed by atoms with Crippen LogP contribution in [0.3, 0.4) is 0 Å². The molecule has 21 heavy (non-hydrogen) atoms. The normalized spacial score (nSPS) is 21.6. The molecule has 1 aliphatic heterocycles. The van der Waals surface area contributed by atoms with Crippen molar-refractivity contribution in [1.29, 1.82) is 5.26 Å². The molecule has 5 heteroatoms. The van der Waals surface area contributed by atoms with Crippen LogP contribution in [0, 0.1) is 17.2 Å². The lowest BCUT2D eigenvalue weighted by Gasteiger charge is -2.38. The van der Waals surface area contributed by atoms with E-state index < -0.39 is 5.54 Å². The monoisotopic (exact) mass is 294 g/mol. The van der Waals surface area contributed by atoms with Gasteiger partial charge in [0.05, 0.1) is 12.1 Å². The van der Waals surface area contributed by atoms with Gasteiger partial charge in [-0.1, -0.05) is 20.8 Å². The van der Waals surface area contributed by atoms with Gasteiger partial charge >= 0.3 is 0 Å². The molecule has 0 spiro atoms. The third-order valence-corrected chi connectivity index (χ3v) is 4.64. The molecule has 0 bridgehead atoms. The third kappa shape index (κ3) is 4.69. The zero-order valence-corrected chi connectivity index (χ0v) is 14.1. The molecule has 0 radical (unpaired) electrons. The van der Waals surface area contributed by atoms with Gasteiger partial charge in [-0.15, -0.1) is 0 Å². The van der Waals surface area contributed by atoms with E-state index in [4.69, 9.17) is 0 Å². The first-order valence-electron chi connectivity index (χ1n) is 8.03. The number of hydrogen-bond donors (Lipinski definition) is 1. The summed E-state index contributed by atoms with van der Waals surface area (Å²) in [6, 6.07) is 2.05. The predicted molar refractivity (Wildman–Crippen MR) is 84.8 cm³/mol. The summed E-state index contributed by atoms with van der Waals surface area (Å²) in [5.74, 6) is 0.0387. The summed E-state index contributed by atoms with van der Waals surface area (Å²) in [6.45, 7) is 14.8. The van der Waals surface area contributed by atoms with Crippen molar-refractivity contribution in [3.8, 4) is 6.07 Å². The lowest BCUT2D eigenvalue weighted by Crippen LogP contribution is -2.58. The van der Waals surface area contributed by atoms with Crippen LogP contribution in [0.5, 0.6) is 0 Å². The molecule has 0 aromatic heterocycles. The quantitative estimate of drug-likeness (QED) is 0.805. The second-order valence-corrected chi connectivity index (χ2v) is 6.51. The highest BCUT2D eigenvalue weighted by Crippen LogP contribution is 2.16. The Balaban J connectivity index is 2.54. The molecule has 1 heterocycles. The smallest absolute Gasteiger partial charge is 0.238 e. The van der Waals surface area contributed by atoms with Crippen LogP contribution < -0.4 is 5.32 Å². The number of carbonyl (C=O) groups is 1. The van der Waals surface area contributed by atoms with Crippen molar-refractivity contribution in [3.05, 3.63) is 0 Å². The zero-order chi connectivity index (χ0) is 16.0. The van der Waals surface area contributed by atoms with Crippen LogP contribution in [0.25, 0.3) is 0 Å². The number of amides is 1. The molecule has 2 atom stereocenters. The molecule has 0 unspecified atom stereocenters. The second-order valence-electron chi connectivity index (χ2n) is 6.51. The van der Waals surface area contributed by atoms with Crippen LogP contribution in [-0.4, -0.2) is 60.0 Å². The van der Waals surface area contributed by atoms with Gasteiger partial charge in [-0.05, 0) is 32.7 Å². The number of nitrogens with zero attached hydrogens (tertiary/aromatic N) is 3. The van der Waals surface area contributed by atoms with E-state index in [2.05, 4.69) is 28.1 Å². The van der Waals surface area contributed by atoms with Crippen molar-refractivity contribution < 1.29 is 4.79 Å². The number of nitriles is 1. The van der Waals surface area contributed by atoms with Gasteiger partial charge in [0.15, 0.2) is 0 Å². The standard InChI is InChI=1S/C16H30N4O/c1-6-7-19-8-10-20(11-9-19)14(4)15(21)18-16(5,12-17)13(2)3/h13-14H,6-11H2,1-5H3,(H,18,21)/t14-,16+/m0/s1. The Kier molecular flexibility index (Phi) is 6.63. The lowest BCUT2D eigenvalue weighted by molar-refractivity contribution is -0.128. The highest BCUT2D eigenvalue weighted by atomic mass is 16.2. The van der Waals surface area contributed by atoms with E-state index in [1.54, 1.807) is 6.92 Å². The minimum Gasteiger partial charge on any atom is -0.336 e.